The third kappa shape index (κ3) is 6.46. The molecular weight excluding hydrogens is 378 g/mol. The Morgan fingerprint density at radius 1 is 0.862 bits per heavy atom. The van der Waals surface area contributed by atoms with Crippen LogP contribution in [0.15, 0.2) is 42.5 Å². The van der Waals surface area contributed by atoms with Crippen LogP contribution in [0, 0.1) is 0 Å². The number of esters is 1. The minimum absolute atomic E-state index is 0.436. The minimum Gasteiger partial charge on any atom is -0.497 e. The summed E-state index contributed by atoms with van der Waals surface area (Å²) in [6.45, 7) is -0.436. The lowest BCUT2D eigenvalue weighted by atomic mass is 10.2. The molecule has 8 heteroatoms. The van der Waals surface area contributed by atoms with Crippen LogP contribution in [0.3, 0.4) is 0 Å². The molecule has 0 radical (unpaired) electrons. The van der Waals surface area contributed by atoms with Crippen molar-refractivity contribution in [2.45, 2.75) is 0 Å². The topological polar surface area (TPSA) is 92.3 Å². The number of methoxy groups -OCH3 is 4. The van der Waals surface area contributed by atoms with E-state index in [2.05, 4.69) is 5.32 Å². The predicted octanol–water partition coefficient (Wildman–Crippen LogP) is 2.92. The molecule has 2 aromatic rings. The Hall–Kier alpha value is -3.68. The normalized spacial score (nSPS) is 10.3. The summed E-state index contributed by atoms with van der Waals surface area (Å²) in [5.41, 5.74) is 1.18. The number of hydrogen-bond acceptors (Lipinski definition) is 7. The fraction of sp³-hybridized carbons (Fsp3) is 0.238. The summed E-state index contributed by atoms with van der Waals surface area (Å²) in [6, 6.07) is 10.1. The molecule has 29 heavy (non-hydrogen) atoms. The quantitative estimate of drug-likeness (QED) is 0.510. The van der Waals surface area contributed by atoms with Crippen molar-refractivity contribution in [3.05, 3.63) is 48.0 Å². The van der Waals surface area contributed by atoms with Gasteiger partial charge in [0.05, 0.1) is 28.4 Å². The molecule has 0 atom stereocenters. The highest BCUT2D eigenvalue weighted by molar-refractivity contribution is 5.95. The largest absolute Gasteiger partial charge is 0.497 e. The zero-order chi connectivity index (χ0) is 21.2. The van der Waals surface area contributed by atoms with Crippen LogP contribution in [-0.4, -0.2) is 46.9 Å². The third-order valence-electron chi connectivity index (χ3n) is 3.80. The van der Waals surface area contributed by atoms with Crippen LogP contribution in [0.2, 0.25) is 0 Å². The fourth-order valence-electron chi connectivity index (χ4n) is 2.38. The molecule has 0 aliphatic rings. The zero-order valence-electron chi connectivity index (χ0n) is 16.7. The van der Waals surface area contributed by atoms with Crippen molar-refractivity contribution in [3.63, 3.8) is 0 Å². The number of amides is 1. The van der Waals surface area contributed by atoms with E-state index in [1.807, 2.05) is 0 Å². The molecule has 0 unspecified atom stereocenters. The van der Waals surface area contributed by atoms with Crippen molar-refractivity contribution >= 4 is 23.6 Å². The highest BCUT2D eigenvalue weighted by Crippen LogP contribution is 2.28. The first-order chi connectivity index (χ1) is 14.0. The summed E-state index contributed by atoms with van der Waals surface area (Å²) < 4.78 is 25.6. The van der Waals surface area contributed by atoms with Gasteiger partial charge in [0.25, 0.3) is 5.91 Å². The first-order valence-corrected chi connectivity index (χ1v) is 8.58. The lowest BCUT2D eigenvalue weighted by Crippen LogP contribution is -2.20. The van der Waals surface area contributed by atoms with Crippen LogP contribution in [0.4, 0.5) is 5.69 Å². The summed E-state index contributed by atoms with van der Waals surface area (Å²) in [5, 5.41) is 2.62. The van der Waals surface area contributed by atoms with Gasteiger partial charge in [0.15, 0.2) is 18.1 Å². The van der Waals surface area contributed by atoms with E-state index in [9.17, 15) is 9.59 Å². The van der Waals surface area contributed by atoms with Crippen LogP contribution in [0.25, 0.3) is 6.08 Å². The maximum Gasteiger partial charge on any atom is 0.331 e. The average molecular weight is 401 g/mol. The Bertz CT molecular complexity index is 870. The second-order valence-corrected chi connectivity index (χ2v) is 5.70. The number of rotatable bonds is 9. The Kier molecular flexibility index (Phi) is 7.90. The molecule has 0 bridgehead atoms. The van der Waals surface area contributed by atoms with Gasteiger partial charge < -0.3 is 29.0 Å². The maximum atomic E-state index is 12.0. The van der Waals surface area contributed by atoms with E-state index in [4.69, 9.17) is 23.7 Å². The lowest BCUT2D eigenvalue weighted by molar-refractivity contribution is -0.142. The van der Waals surface area contributed by atoms with E-state index < -0.39 is 18.5 Å². The monoisotopic (exact) mass is 401 g/mol. The fourth-order valence-corrected chi connectivity index (χ4v) is 2.38. The number of carbonyl (C=O) groups excluding carboxylic acids is 2. The summed E-state index contributed by atoms with van der Waals surface area (Å²) in [5.74, 6) is 1.02. The van der Waals surface area contributed by atoms with Crippen molar-refractivity contribution in [1.29, 1.82) is 0 Å². The molecule has 0 fully saturated rings. The van der Waals surface area contributed by atoms with E-state index in [0.29, 0.717) is 34.2 Å². The van der Waals surface area contributed by atoms with E-state index in [1.165, 1.54) is 34.5 Å². The summed E-state index contributed by atoms with van der Waals surface area (Å²) >= 11 is 0. The van der Waals surface area contributed by atoms with E-state index in [0.717, 1.165) is 0 Å². The van der Waals surface area contributed by atoms with E-state index >= 15 is 0 Å². The van der Waals surface area contributed by atoms with Gasteiger partial charge in [-0.1, -0.05) is 6.07 Å². The van der Waals surface area contributed by atoms with Gasteiger partial charge in [-0.05, 0) is 23.8 Å². The predicted molar refractivity (Wildman–Crippen MR) is 108 cm³/mol. The number of hydrogen-bond donors (Lipinski definition) is 1. The summed E-state index contributed by atoms with van der Waals surface area (Å²) in [7, 11) is 6.08. The molecular formula is C21H23NO7. The SMILES string of the molecule is COc1cc(NC(=O)COC(=O)C=Cc2ccc(OC)c(OC)c2)cc(OC)c1. The van der Waals surface area contributed by atoms with E-state index in [1.54, 1.807) is 42.5 Å². The molecule has 8 nitrogen and oxygen atoms in total. The highest BCUT2D eigenvalue weighted by atomic mass is 16.5. The van der Waals surface area contributed by atoms with Crippen LogP contribution >= 0.6 is 0 Å². The molecule has 0 aliphatic heterocycles. The van der Waals surface area contributed by atoms with Crippen LogP contribution in [-0.2, 0) is 14.3 Å². The number of nitrogens with one attached hydrogen (secondary N) is 1. The van der Waals surface area contributed by atoms with Gasteiger partial charge in [-0.15, -0.1) is 0 Å². The average Bonchev–Trinajstić information content (AvgIpc) is 2.75. The van der Waals surface area contributed by atoms with Gasteiger partial charge in [0.2, 0.25) is 0 Å². The third-order valence-corrected chi connectivity index (χ3v) is 3.80. The highest BCUT2D eigenvalue weighted by Gasteiger charge is 2.09. The second kappa shape index (κ2) is 10.6. The minimum atomic E-state index is -0.654. The van der Waals surface area contributed by atoms with Crippen molar-refractivity contribution in [1.82, 2.24) is 0 Å². The molecule has 0 aliphatic carbocycles. The molecule has 0 aromatic heterocycles. The zero-order valence-corrected chi connectivity index (χ0v) is 16.7. The maximum absolute atomic E-state index is 12.0. The number of anilines is 1. The Labute approximate surface area is 169 Å². The van der Waals surface area contributed by atoms with Gasteiger partial charge in [-0.2, -0.15) is 0 Å². The van der Waals surface area contributed by atoms with Gasteiger partial charge in [-0.25, -0.2) is 4.79 Å². The molecule has 2 rings (SSSR count). The molecule has 0 spiro atoms. The Morgan fingerprint density at radius 3 is 2.10 bits per heavy atom. The first-order valence-electron chi connectivity index (χ1n) is 8.58. The van der Waals surface area contributed by atoms with Gasteiger partial charge in [-0.3, -0.25) is 4.79 Å². The van der Waals surface area contributed by atoms with Crippen molar-refractivity contribution < 1.29 is 33.3 Å². The second-order valence-electron chi connectivity index (χ2n) is 5.70. The molecule has 0 heterocycles. The lowest BCUT2D eigenvalue weighted by Gasteiger charge is -2.10. The number of benzene rings is 2. The molecule has 1 N–H and O–H groups in total. The standard InChI is InChI=1S/C21H23NO7/c1-25-16-10-15(11-17(12-16)26-2)22-20(23)13-29-21(24)8-6-14-5-7-18(27-3)19(9-14)28-4/h5-12H,13H2,1-4H3,(H,22,23). The molecule has 2 aromatic carbocycles. The summed E-state index contributed by atoms with van der Waals surface area (Å²) in [4.78, 5) is 23.9. The Balaban J connectivity index is 1.90. The van der Waals surface area contributed by atoms with Crippen LogP contribution in [0.5, 0.6) is 23.0 Å². The van der Waals surface area contributed by atoms with Crippen LogP contribution in [0.1, 0.15) is 5.56 Å². The summed E-state index contributed by atoms with van der Waals surface area (Å²) in [6.07, 6.45) is 2.78. The van der Waals surface area contributed by atoms with Gasteiger partial charge in [0.1, 0.15) is 11.5 Å². The number of ether oxygens (including phenoxy) is 5. The smallest absolute Gasteiger partial charge is 0.331 e. The molecule has 1 amide bonds. The van der Waals surface area contributed by atoms with E-state index in [-0.39, 0.29) is 0 Å². The van der Waals surface area contributed by atoms with Gasteiger partial charge in [0, 0.05) is 30.0 Å². The van der Waals surface area contributed by atoms with Crippen LogP contribution < -0.4 is 24.3 Å². The van der Waals surface area contributed by atoms with Gasteiger partial charge >= 0.3 is 5.97 Å². The number of carbonyl (C=O) groups is 2. The molecule has 0 saturated carbocycles. The Morgan fingerprint density at radius 2 is 1.52 bits per heavy atom. The first kappa shape index (κ1) is 21.6. The van der Waals surface area contributed by atoms with Crippen molar-refractivity contribution in [3.8, 4) is 23.0 Å². The van der Waals surface area contributed by atoms with Crippen molar-refractivity contribution in [2.75, 3.05) is 40.4 Å². The van der Waals surface area contributed by atoms with Crippen molar-refractivity contribution in [2.24, 2.45) is 0 Å². The molecule has 0 saturated heterocycles. The molecule has 154 valence electrons.